The van der Waals surface area contributed by atoms with Gasteiger partial charge >= 0.3 is 0 Å². The Hall–Kier alpha value is -0.380. The zero-order valence-electron chi connectivity index (χ0n) is 11.7. The van der Waals surface area contributed by atoms with E-state index in [-0.39, 0.29) is 0 Å². The second kappa shape index (κ2) is 7.27. The van der Waals surface area contributed by atoms with Gasteiger partial charge < -0.3 is 5.32 Å². The molecule has 1 unspecified atom stereocenters. The highest BCUT2D eigenvalue weighted by atomic mass is 32.1. The molecule has 0 amide bonds. The third kappa shape index (κ3) is 3.81. The van der Waals surface area contributed by atoms with E-state index in [9.17, 15) is 0 Å². The van der Waals surface area contributed by atoms with Crippen molar-refractivity contribution in [2.24, 2.45) is 0 Å². The van der Waals surface area contributed by atoms with Crippen LogP contribution in [0.15, 0.2) is 12.1 Å². The van der Waals surface area contributed by atoms with Crippen LogP contribution in [-0.2, 0) is 13.1 Å². The molecule has 2 nitrogen and oxygen atoms in total. The van der Waals surface area contributed by atoms with Gasteiger partial charge in [0.2, 0.25) is 0 Å². The monoisotopic (exact) mass is 266 g/mol. The smallest absolute Gasteiger partial charge is 0.0330 e. The summed E-state index contributed by atoms with van der Waals surface area (Å²) in [6.45, 7) is 5.77. The van der Waals surface area contributed by atoms with Crippen LogP contribution in [0.3, 0.4) is 0 Å². The maximum atomic E-state index is 3.23. The first-order valence-corrected chi connectivity index (χ1v) is 8.11. The Morgan fingerprint density at radius 1 is 1.33 bits per heavy atom. The number of piperidine rings is 1. The fourth-order valence-electron chi connectivity index (χ4n) is 2.91. The van der Waals surface area contributed by atoms with Crippen molar-refractivity contribution < 1.29 is 0 Å². The van der Waals surface area contributed by atoms with Crippen molar-refractivity contribution in [2.75, 3.05) is 13.6 Å². The van der Waals surface area contributed by atoms with Crippen LogP contribution < -0.4 is 5.32 Å². The van der Waals surface area contributed by atoms with Gasteiger partial charge in [0, 0.05) is 28.9 Å². The van der Waals surface area contributed by atoms with Gasteiger partial charge in [-0.1, -0.05) is 19.8 Å². The maximum absolute atomic E-state index is 3.23. The summed E-state index contributed by atoms with van der Waals surface area (Å²) in [6, 6.07) is 5.42. The van der Waals surface area contributed by atoms with Gasteiger partial charge in [0.25, 0.3) is 0 Å². The molecule has 18 heavy (non-hydrogen) atoms. The van der Waals surface area contributed by atoms with Crippen LogP contribution in [0.2, 0.25) is 0 Å². The quantitative estimate of drug-likeness (QED) is 0.846. The summed E-state index contributed by atoms with van der Waals surface area (Å²) in [4.78, 5) is 5.70. The lowest BCUT2D eigenvalue weighted by Crippen LogP contribution is -2.38. The summed E-state index contributed by atoms with van der Waals surface area (Å²) in [5, 5.41) is 3.23. The molecule has 1 aromatic heterocycles. The molecule has 0 aliphatic carbocycles. The molecular weight excluding hydrogens is 240 g/mol. The number of nitrogens with zero attached hydrogens (tertiary/aromatic N) is 1. The number of rotatable bonds is 6. The van der Waals surface area contributed by atoms with E-state index in [1.807, 2.05) is 18.4 Å². The Bertz CT molecular complexity index is 346. The number of thiophene rings is 1. The topological polar surface area (TPSA) is 15.3 Å². The van der Waals surface area contributed by atoms with Crippen molar-refractivity contribution in [3.05, 3.63) is 21.9 Å². The van der Waals surface area contributed by atoms with Gasteiger partial charge in [-0.3, -0.25) is 4.90 Å². The van der Waals surface area contributed by atoms with Crippen molar-refractivity contribution >= 4 is 11.3 Å². The van der Waals surface area contributed by atoms with Gasteiger partial charge in [0.05, 0.1) is 0 Å². The molecule has 0 radical (unpaired) electrons. The van der Waals surface area contributed by atoms with E-state index in [2.05, 4.69) is 29.3 Å². The zero-order chi connectivity index (χ0) is 12.8. The second-order valence-electron chi connectivity index (χ2n) is 5.31. The minimum Gasteiger partial charge on any atom is -0.315 e. The molecule has 1 N–H and O–H groups in total. The molecule has 2 rings (SSSR count). The Morgan fingerprint density at radius 3 is 2.94 bits per heavy atom. The Kier molecular flexibility index (Phi) is 5.67. The van der Waals surface area contributed by atoms with Crippen molar-refractivity contribution in [1.82, 2.24) is 10.2 Å². The summed E-state index contributed by atoms with van der Waals surface area (Å²) in [5.41, 5.74) is 0. The normalized spacial score (nSPS) is 21.3. The van der Waals surface area contributed by atoms with Gasteiger partial charge in [-0.05, 0) is 45.0 Å². The zero-order valence-corrected chi connectivity index (χ0v) is 12.6. The van der Waals surface area contributed by atoms with Crippen LogP contribution in [0.1, 0.15) is 48.8 Å². The van der Waals surface area contributed by atoms with Crippen LogP contribution in [0, 0.1) is 0 Å². The number of likely N-dealkylation sites (tertiary alicyclic amines) is 1. The molecule has 1 aromatic rings. The van der Waals surface area contributed by atoms with Crippen LogP contribution in [-0.4, -0.2) is 24.5 Å². The first-order chi connectivity index (χ1) is 8.83. The van der Waals surface area contributed by atoms with Gasteiger partial charge in [-0.25, -0.2) is 0 Å². The van der Waals surface area contributed by atoms with Gasteiger partial charge in [-0.2, -0.15) is 0 Å². The number of hydrogen-bond donors (Lipinski definition) is 1. The van der Waals surface area contributed by atoms with E-state index < -0.39 is 0 Å². The molecule has 1 fully saturated rings. The first kappa shape index (κ1) is 14.0. The molecule has 0 bridgehead atoms. The fraction of sp³-hybridized carbons (Fsp3) is 0.733. The Morgan fingerprint density at radius 2 is 2.17 bits per heavy atom. The summed E-state index contributed by atoms with van der Waals surface area (Å²) >= 11 is 1.97. The average Bonchev–Trinajstić information content (AvgIpc) is 2.80. The van der Waals surface area contributed by atoms with Gasteiger partial charge in [0.1, 0.15) is 0 Å². The van der Waals surface area contributed by atoms with Crippen LogP contribution in [0.5, 0.6) is 0 Å². The molecule has 0 spiro atoms. The lowest BCUT2D eigenvalue weighted by Gasteiger charge is -2.35. The number of hydrogen-bond acceptors (Lipinski definition) is 3. The molecule has 1 aliphatic heterocycles. The van der Waals surface area contributed by atoms with Crippen molar-refractivity contribution in [3.63, 3.8) is 0 Å². The number of nitrogens with one attached hydrogen (secondary N) is 1. The SMILES string of the molecule is CCCC1CCCCN1Cc1ccc(CNC)s1. The molecule has 1 saturated heterocycles. The third-order valence-corrected chi connectivity index (χ3v) is 4.87. The third-order valence-electron chi connectivity index (χ3n) is 3.80. The van der Waals surface area contributed by atoms with Crippen molar-refractivity contribution in [2.45, 2.75) is 58.2 Å². The molecule has 3 heteroatoms. The highest BCUT2D eigenvalue weighted by Gasteiger charge is 2.21. The van der Waals surface area contributed by atoms with E-state index in [4.69, 9.17) is 0 Å². The summed E-state index contributed by atoms with van der Waals surface area (Å²) in [6.07, 6.45) is 6.90. The Balaban J connectivity index is 1.92. The minimum absolute atomic E-state index is 0.832. The van der Waals surface area contributed by atoms with E-state index in [1.165, 1.54) is 54.9 Å². The predicted octanol–water partition coefficient (Wildman–Crippen LogP) is 3.62. The van der Waals surface area contributed by atoms with Crippen LogP contribution >= 0.6 is 11.3 Å². The second-order valence-corrected chi connectivity index (χ2v) is 6.56. The molecular formula is C15H26N2S. The molecule has 1 atom stereocenters. The largest absolute Gasteiger partial charge is 0.315 e. The van der Waals surface area contributed by atoms with Crippen molar-refractivity contribution in [3.8, 4) is 0 Å². The van der Waals surface area contributed by atoms with E-state index >= 15 is 0 Å². The summed E-state index contributed by atoms with van der Waals surface area (Å²) in [5.74, 6) is 0. The van der Waals surface area contributed by atoms with Crippen LogP contribution in [0.25, 0.3) is 0 Å². The minimum atomic E-state index is 0.832. The average molecular weight is 266 g/mol. The summed E-state index contributed by atoms with van der Waals surface area (Å²) < 4.78 is 0. The molecule has 0 saturated carbocycles. The lowest BCUT2D eigenvalue weighted by atomic mass is 9.98. The fourth-order valence-corrected chi connectivity index (χ4v) is 3.96. The molecule has 1 aliphatic rings. The predicted molar refractivity (Wildman–Crippen MR) is 80.0 cm³/mol. The standard InChI is InChI=1S/C15H26N2S/c1-3-6-13-7-4-5-10-17(13)12-15-9-8-14(18-15)11-16-2/h8-9,13,16H,3-7,10-12H2,1-2H3. The van der Waals surface area contributed by atoms with Crippen LogP contribution in [0.4, 0.5) is 0 Å². The van der Waals surface area contributed by atoms with Gasteiger partial charge in [-0.15, -0.1) is 11.3 Å². The van der Waals surface area contributed by atoms with Crippen molar-refractivity contribution in [1.29, 1.82) is 0 Å². The maximum Gasteiger partial charge on any atom is 0.0330 e. The molecule has 2 heterocycles. The Labute approximate surface area is 115 Å². The molecule has 0 aromatic carbocycles. The van der Waals surface area contributed by atoms with Gasteiger partial charge in [0.15, 0.2) is 0 Å². The first-order valence-electron chi connectivity index (χ1n) is 7.29. The highest BCUT2D eigenvalue weighted by molar-refractivity contribution is 7.11. The van der Waals surface area contributed by atoms with E-state index in [0.717, 1.165) is 12.6 Å². The highest BCUT2D eigenvalue weighted by Crippen LogP contribution is 2.25. The molecule has 102 valence electrons. The lowest BCUT2D eigenvalue weighted by molar-refractivity contribution is 0.133. The summed E-state index contributed by atoms with van der Waals surface area (Å²) in [7, 11) is 2.02. The van der Waals surface area contributed by atoms with E-state index in [1.54, 1.807) is 0 Å². The van der Waals surface area contributed by atoms with E-state index in [0.29, 0.717) is 0 Å².